The van der Waals surface area contributed by atoms with Gasteiger partial charge in [0.15, 0.2) is 0 Å². The Labute approximate surface area is 124 Å². The number of aliphatic hydroxyl groups is 2. The fourth-order valence-electron chi connectivity index (χ4n) is 4.88. The Hall–Kier alpha value is -0.870. The first-order chi connectivity index (χ1) is 9.78. The van der Waals surface area contributed by atoms with Gasteiger partial charge in [0, 0.05) is 6.42 Å². The summed E-state index contributed by atoms with van der Waals surface area (Å²) in [5.74, 6) is -1.49. The van der Waals surface area contributed by atoms with Gasteiger partial charge in [0.2, 0.25) is 5.91 Å². The van der Waals surface area contributed by atoms with Crippen molar-refractivity contribution in [3.05, 3.63) is 0 Å². The van der Waals surface area contributed by atoms with E-state index in [0.29, 0.717) is 12.8 Å². The van der Waals surface area contributed by atoms with Crippen LogP contribution in [0.4, 0.5) is 13.2 Å². The minimum absolute atomic E-state index is 0.0670. The van der Waals surface area contributed by atoms with E-state index in [1.54, 1.807) is 0 Å². The lowest BCUT2D eigenvalue weighted by atomic mass is 9.46. The Morgan fingerprint density at radius 3 is 1.95 bits per heavy atom. The fraction of sp³-hybridized carbons (Fsp3) is 0.917. The van der Waals surface area contributed by atoms with Gasteiger partial charge in [-0.1, -0.05) is 0 Å². The zero-order chi connectivity index (χ0) is 16.6. The van der Waals surface area contributed by atoms with Crippen molar-refractivity contribution in [1.82, 2.24) is 4.72 Å². The highest BCUT2D eigenvalue weighted by molar-refractivity contribution is 7.90. The first kappa shape index (κ1) is 16.0. The summed E-state index contributed by atoms with van der Waals surface area (Å²) in [5.41, 5.74) is -9.71. The first-order valence-corrected chi connectivity index (χ1v) is 8.35. The number of alkyl halides is 3. The first-order valence-electron chi connectivity index (χ1n) is 6.87. The van der Waals surface area contributed by atoms with Crippen LogP contribution >= 0.6 is 0 Å². The van der Waals surface area contributed by atoms with Crippen LogP contribution in [0.25, 0.3) is 0 Å². The SMILES string of the molecule is O=C(NS(=O)(=O)C(F)(F)F)C12CC3CC(O)(CC(O)(C3)C1)C2. The monoisotopic (exact) mass is 343 g/mol. The highest BCUT2D eigenvalue weighted by Gasteiger charge is 2.66. The molecule has 0 radical (unpaired) electrons. The van der Waals surface area contributed by atoms with Crippen molar-refractivity contribution in [2.75, 3.05) is 0 Å². The minimum Gasteiger partial charge on any atom is -0.390 e. The second-order valence-corrected chi connectivity index (χ2v) is 8.79. The standard InChI is InChI=1S/C12H16F3NO5S/c13-12(14,15)22(20,21)16-8(17)9-1-7-2-10(18,4-9)6-11(19,3-7)5-9/h7,18-19H,1-6H2,(H,16,17). The van der Waals surface area contributed by atoms with Crippen LogP contribution in [-0.4, -0.2) is 41.2 Å². The number of halogens is 3. The molecule has 0 saturated heterocycles. The van der Waals surface area contributed by atoms with Crippen molar-refractivity contribution in [3.63, 3.8) is 0 Å². The van der Waals surface area contributed by atoms with Crippen molar-refractivity contribution < 1.29 is 36.6 Å². The molecule has 4 fully saturated rings. The fourth-order valence-corrected chi connectivity index (χ4v) is 5.45. The Balaban J connectivity index is 1.90. The van der Waals surface area contributed by atoms with E-state index in [1.807, 2.05) is 0 Å². The van der Waals surface area contributed by atoms with E-state index in [4.69, 9.17) is 0 Å². The third-order valence-corrected chi connectivity index (χ3v) is 6.09. The largest absolute Gasteiger partial charge is 0.516 e. The molecule has 0 heterocycles. The maximum atomic E-state index is 12.4. The number of rotatable bonds is 2. The van der Waals surface area contributed by atoms with E-state index in [0.717, 1.165) is 4.72 Å². The Morgan fingerprint density at radius 2 is 1.55 bits per heavy atom. The molecule has 126 valence electrons. The van der Waals surface area contributed by atoms with Crippen LogP contribution in [0.1, 0.15) is 38.5 Å². The number of sulfonamides is 1. The van der Waals surface area contributed by atoms with Gasteiger partial charge in [-0.25, -0.2) is 4.72 Å². The molecule has 0 aliphatic heterocycles. The molecule has 2 unspecified atom stereocenters. The lowest BCUT2D eigenvalue weighted by Gasteiger charge is -2.62. The molecule has 1 amide bonds. The van der Waals surface area contributed by atoms with Gasteiger partial charge in [-0.3, -0.25) is 4.79 Å². The third kappa shape index (κ3) is 2.31. The topological polar surface area (TPSA) is 104 Å². The molecule has 10 heteroatoms. The average molecular weight is 343 g/mol. The molecule has 4 aliphatic carbocycles. The number of hydrogen-bond donors (Lipinski definition) is 3. The van der Waals surface area contributed by atoms with Crippen LogP contribution in [0.3, 0.4) is 0 Å². The lowest BCUT2D eigenvalue weighted by Crippen LogP contribution is -2.67. The summed E-state index contributed by atoms with van der Waals surface area (Å²) in [4.78, 5) is 12.2. The highest BCUT2D eigenvalue weighted by atomic mass is 32.2. The van der Waals surface area contributed by atoms with E-state index in [1.165, 1.54) is 0 Å². The van der Waals surface area contributed by atoms with Crippen LogP contribution in [0, 0.1) is 11.3 Å². The van der Waals surface area contributed by atoms with E-state index < -0.39 is 38.1 Å². The smallest absolute Gasteiger partial charge is 0.390 e. The lowest BCUT2D eigenvalue weighted by molar-refractivity contribution is -0.227. The number of nitrogens with one attached hydrogen (secondary N) is 1. The predicted octanol–water partition coefficient (Wildman–Crippen LogP) is 0.398. The number of carbonyl (C=O) groups excluding carboxylic acids is 1. The predicted molar refractivity (Wildman–Crippen MR) is 66.6 cm³/mol. The van der Waals surface area contributed by atoms with Crippen molar-refractivity contribution >= 4 is 15.9 Å². The molecule has 4 rings (SSSR count). The van der Waals surface area contributed by atoms with Gasteiger partial charge in [-0.2, -0.15) is 21.6 Å². The molecule has 0 aromatic carbocycles. The van der Waals surface area contributed by atoms with Crippen molar-refractivity contribution in [1.29, 1.82) is 0 Å². The van der Waals surface area contributed by atoms with Crippen LogP contribution in [0.15, 0.2) is 0 Å². The second kappa shape index (κ2) is 4.15. The molecule has 0 aromatic heterocycles. The summed E-state index contributed by atoms with van der Waals surface area (Å²) in [5, 5.41) is 20.9. The van der Waals surface area contributed by atoms with Gasteiger partial charge >= 0.3 is 15.5 Å². The molecule has 4 bridgehead atoms. The van der Waals surface area contributed by atoms with Crippen molar-refractivity contribution in [2.24, 2.45) is 11.3 Å². The molecule has 4 saturated carbocycles. The average Bonchev–Trinajstić information content (AvgIpc) is 2.20. The Bertz CT molecular complexity index is 613. The second-order valence-electron chi connectivity index (χ2n) is 7.12. The molecule has 4 aliphatic rings. The van der Waals surface area contributed by atoms with Crippen LogP contribution in [-0.2, 0) is 14.8 Å². The van der Waals surface area contributed by atoms with Crippen LogP contribution < -0.4 is 4.72 Å². The summed E-state index contributed by atoms with van der Waals surface area (Å²) in [6, 6.07) is 0. The van der Waals surface area contributed by atoms with Crippen molar-refractivity contribution in [3.8, 4) is 0 Å². The van der Waals surface area contributed by atoms with Crippen LogP contribution in [0.2, 0.25) is 0 Å². The quantitative estimate of drug-likeness (QED) is 0.673. The Morgan fingerprint density at radius 1 is 1.05 bits per heavy atom. The van der Waals surface area contributed by atoms with E-state index in [-0.39, 0.29) is 31.6 Å². The summed E-state index contributed by atoms with van der Waals surface area (Å²) >= 11 is 0. The van der Waals surface area contributed by atoms with Gasteiger partial charge in [-0.15, -0.1) is 0 Å². The van der Waals surface area contributed by atoms with Gasteiger partial charge in [0.05, 0.1) is 16.6 Å². The number of hydrogen-bond acceptors (Lipinski definition) is 5. The maximum absolute atomic E-state index is 12.4. The zero-order valence-electron chi connectivity index (χ0n) is 11.5. The molecular weight excluding hydrogens is 327 g/mol. The third-order valence-electron chi connectivity index (χ3n) is 5.02. The Kier molecular flexibility index (Phi) is 3.02. The normalized spacial score (nSPS) is 44.1. The molecule has 6 nitrogen and oxygen atoms in total. The van der Waals surface area contributed by atoms with E-state index in [9.17, 15) is 36.6 Å². The molecule has 3 N–H and O–H groups in total. The number of amides is 1. The maximum Gasteiger partial charge on any atom is 0.516 e. The highest BCUT2D eigenvalue weighted by Crippen LogP contribution is 2.63. The molecule has 2 atom stereocenters. The molecular formula is C12H16F3NO5S. The van der Waals surface area contributed by atoms with E-state index in [2.05, 4.69) is 0 Å². The summed E-state index contributed by atoms with van der Waals surface area (Å²) < 4.78 is 60.6. The number of carbonyl (C=O) groups is 1. The minimum atomic E-state index is -5.79. The zero-order valence-corrected chi connectivity index (χ0v) is 12.3. The molecule has 0 aromatic rings. The van der Waals surface area contributed by atoms with Gasteiger partial charge in [-0.05, 0) is 38.0 Å². The van der Waals surface area contributed by atoms with Gasteiger partial charge < -0.3 is 10.2 Å². The molecule has 0 spiro atoms. The van der Waals surface area contributed by atoms with Gasteiger partial charge in [0.25, 0.3) is 0 Å². The summed E-state index contributed by atoms with van der Waals surface area (Å²) in [6.07, 6.45) is 0.733. The van der Waals surface area contributed by atoms with E-state index >= 15 is 0 Å². The van der Waals surface area contributed by atoms with Crippen molar-refractivity contribution in [2.45, 2.75) is 55.2 Å². The summed E-state index contributed by atoms with van der Waals surface area (Å²) in [6.45, 7) is 0. The van der Waals surface area contributed by atoms with Crippen LogP contribution in [0.5, 0.6) is 0 Å². The summed E-state index contributed by atoms with van der Waals surface area (Å²) in [7, 11) is -5.79. The molecule has 22 heavy (non-hydrogen) atoms. The van der Waals surface area contributed by atoms with Gasteiger partial charge in [0.1, 0.15) is 0 Å².